The van der Waals surface area contributed by atoms with Crippen LogP contribution in [0.25, 0.3) is 5.69 Å². The minimum atomic E-state index is -3.66. The maximum atomic E-state index is 12.8. The molecule has 0 fully saturated rings. The summed E-state index contributed by atoms with van der Waals surface area (Å²) in [5, 5.41) is 6.87. The number of carbonyl (C=O) groups excluding carboxylic acids is 2. The van der Waals surface area contributed by atoms with Crippen LogP contribution >= 0.6 is 0 Å². The van der Waals surface area contributed by atoms with E-state index in [0.717, 1.165) is 9.99 Å². The summed E-state index contributed by atoms with van der Waals surface area (Å²) in [6.07, 6.45) is 0. The molecule has 0 atom stereocenters. The number of aromatic nitrogens is 2. The average Bonchev–Trinajstić information content (AvgIpc) is 3.02. The van der Waals surface area contributed by atoms with E-state index in [0.29, 0.717) is 11.4 Å². The third-order valence-corrected chi connectivity index (χ3v) is 6.41. The molecule has 0 aliphatic rings. The quantitative estimate of drug-likeness (QED) is 0.482. The zero-order valence-electron chi connectivity index (χ0n) is 17.1. The zero-order valence-corrected chi connectivity index (χ0v) is 17.9. The van der Waals surface area contributed by atoms with Crippen LogP contribution in [0.4, 0.5) is 5.69 Å². The van der Waals surface area contributed by atoms with Gasteiger partial charge < -0.3 is 5.32 Å². The fourth-order valence-corrected chi connectivity index (χ4v) is 3.99. The average molecular weight is 426 g/mol. The number of carbonyl (C=O) groups is 2. The Kier molecular flexibility index (Phi) is 5.86. The van der Waals surface area contributed by atoms with Gasteiger partial charge in [-0.05, 0) is 44.2 Å². The molecule has 156 valence electrons. The third-order valence-electron chi connectivity index (χ3n) is 4.60. The van der Waals surface area contributed by atoms with Gasteiger partial charge in [0.15, 0.2) is 0 Å². The van der Waals surface area contributed by atoms with E-state index in [2.05, 4.69) is 10.4 Å². The van der Waals surface area contributed by atoms with E-state index < -0.39 is 21.7 Å². The predicted octanol–water partition coefficient (Wildman–Crippen LogP) is 2.56. The van der Waals surface area contributed by atoms with Crippen molar-refractivity contribution < 1.29 is 18.0 Å². The summed E-state index contributed by atoms with van der Waals surface area (Å²) >= 11 is 0. The van der Waals surface area contributed by atoms with Crippen LogP contribution in [0.5, 0.6) is 0 Å². The minimum Gasteiger partial charge on any atom is -0.319 e. The van der Waals surface area contributed by atoms with Gasteiger partial charge in [-0.2, -0.15) is 5.10 Å². The van der Waals surface area contributed by atoms with Gasteiger partial charge in [-0.25, -0.2) is 17.4 Å². The summed E-state index contributed by atoms with van der Waals surface area (Å²) in [4.78, 5) is 25.4. The van der Waals surface area contributed by atoms with Crippen LogP contribution in [-0.2, 0) is 14.8 Å². The smallest absolute Gasteiger partial charge is 0.296 e. The molecule has 3 rings (SSSR count). The van der Waals surface area contributed by atoms with E-state index in [4.69, 9.17) is 0 Å². The molecule has 1 heterocycles. The number of nitrogens with one attached hydrogen (secondary N) is 1. The van der Waals surface area contributed by atoms with Crippen molar-refractivity contribution in [3.05, 3.63) is 71.5 Å². The van der Waals surface area contributed by atoms with E-state index >= 15 is 0 Å². The van der Waals surface area contributed by atoms with Crippen molar-refractivity contribution in [1.82, 2.24) is 14.1 Å². The van der Waals surface area contributed by atoms with Crippen LogP contribution in [0.2, 0.25) is 0 Å². The monoisotopic (exact) mass is 426 g/mol. The van der Waals surface area contributed by atoms with Crippen LogP contribution in [-0.4, -0.2) is 48.3 Å². The first-order valence-corrected chi connectivity index (χ1v) is 10.6. The van der Waals surface area contributed by atoms with Gasteiger partial charge >= 0.3 is 0 Å². The molecule has 0 bridgehead atoms. The molecule has 0 aliphatic carbocycles. The Labute approximate surface area is 175 Å². The number of hydrogen-bond donors (Lipinski definition) is 1. The van der Waals surface area contributed by atoms with E-state index in [1.807, 2.05) is 30.3 Å². The lowest BCUT2D eigenvalue weighted by molar-refractivity contribution is -0.112. The van der Waals surface area contributed by atoms with Gasteiger partial charge in [-0.15, -0.1) is 0 Å². The zero-order chi connectivity index (χ0) is 22.1. The van der Waals surface area contributed by atoms with Gasteiger partial charge in [0, 0.05) is 19.8 Å². The van der Waals surface area contributed by atoms with Gasteiger partial charge in [0.05, 0.1) is 27.5 Å². The van der Waals surface area contributed by atoms with Crippen LogP contribution in [0.3, 0.4) is 0 Å². The molecule has 0 radical (unpaired) electrons. The molecule has 1 N–H and O–H groups in total. The number of para-hydroxylation sites is 1. The SMILES string of the molecule is Cc1nn(-c2ccccc2)c(C)c1C(=O)C(=O)Nc1cccc(S(=O)(=O)N(C)C)c1. The summed E-state index contributed by atoms with van der Waals surface area (Å²) in [5.41, 5.74) is 2.18. The Morgan fingerprint density at radius 2 is 1.67 bits per heavy atom. The highest BCUT2D eigenvalue weighted by atomic mass is 32.2. The Morgan fingerprint density at radius 1 is 1.00 bits per heavy atom. The summed E-state index contributed by atoms with van der Waals surface area (Å²) in [6, 6.07) is 15.0. The van der Waals surface area contributed by atoms with Gasteiger partial charge in [-0.3, -0.25) is 9.59 Å². The highest BCUT2D eigenvalue weighted by Crippen LogP contribution is 2.21. The topological polar surface area (TPSA) is 101 Å². The van der Waals surface area contributed by atoms with Crippen LogP contribution in [0, 0.1) is 13.8 Å². The van der Waals surface area contributed by atoms with Crippen molar-refractivity contribution in [2.24, 2.45) is 0 Å². The number of rotatable bonds is 6. The molecule has 3 aromatic rings. The first kappa shape index (κ1) is 21.4. The van der Waals surface area contributed by atoms with Crippen LogP contribution in [0.1, 0.15) is 21.7 Å². The van der Waals surface area contributed by atoms with E-state index in [-0.39, 0.29) is 16.1 Å². The number of benzene rings is 2. The van der Waals surface area contributed by atoms with Crippen LogP contribution < -0.4 is 5.32 Å². The molecule has 0 saturated heterocycles. The highest BCUT2D eigenvalue weighted by Gasteiger charge is 2.25. The van der Waals surface area contributed by atoms with E-state index in [9.17, 15) is 18.0 Å². The van der Waals surface area contributed by atoms with Gasteiger partial charge in [0.25, 0.3) is 11.7 Å². The van der Waals surface area contributed by atoms with E-state index in [1.54, 1.807) is 18.5 Å². The van der Waals surface area contributed by atoms with Gasteiger partial charge in [-0.1, -0.05) is 24.3 Å². The Bertz CT molecular complexity index is 1220. The van der Waals surface area contributed by atoms with Gasteiger partial charge in [0.2, 0.25) is 10.0 Å². The highest BCUT2D eigenvalue weighted by molar-refractivity contribution is 7.89. The maximum absolute atomic E-state index is 12.8. The Morgan fingerprint density at radius 3 is 2.30 bits per heavy atom. The van der Waals surface area contributed by atoms with Crippen molar-refractivity contribution in [2.75, 3.05) is 19.4 Å². The summed E-state index contributed by atoms with van der Waals surface area (Å²) in [7, 11) is -0.831. The standard InChI is InChI=1S/C21H22N4O4S/c1-14-19(15(2)25(23-14)17-10-6-5-7-11-17)20(26)21(27)22-16-9-8-12-18(13-16)30(28,29)24(3)4/h5-13H,1-4H3,(H,22,27). The summed E-state index contributed by atoms with van der Waals surface area (Å²) in [6.45, 7) is 3.38. The lowest BCUT2D eigenvalue weighted by Gasteiger charge is -2.12. The fourth-order valence-electron chi connectivity index (χ4n) is 3.04. The first-order chi connectivity index (χ1) is 14.1. The molecule has 0 unspecified atom stereocenters. The lowest BCUT2D eigenvalue weighted by atomic mass is 10.1. The Hall–Kier alpha value is -3.30. The van der Waals surface area contributed by atoms with Gasteiger partial charge in [0.1, 0.15) is 0 Å². The molecule has 9 heteroatoms. The first-order valence-electron chi connectivity index (χ1n) is 9.13. The molecular weight excluding hydrogens is 404 g/mol. The fraction of sp³-hybridized carbons (Fsp3) is 0.190. The lowest BCUT2D eigenvalue weighted by Crippen LogP contribution is -2.25. The van der Waals surface area contributed by atoms with Crippen molar-refractivity contribution in [3.8, 4) is 5.69 Å². The summed E-state index contributed by atoms with van der Waals surface area (Å²) in [5.74, 6) is -1.61. The molecule has 2 aromatic carbocycles. The molecule has 0 aliphatic heterocycles. The Balaban J connectivity index is 1.88. The second kappa shape index (κ2) is 8.21. The van der Waals surface area contributed by atoms with Crippen molar-refractivity contribution in [3.63, 3.8) is 0 Å². The summed E-state index contributed by atoms with van der Waals surface area (Å²) < 4.78 is 27.3. The third kappa shape index (κ3) is 4.03. The number of sulfonamides is 1. The number of nitrogens with zero attached hydrogens (tertiary/aromatic N) is 3. The van der Waals surface area contributed by atoms with Crippen molar-refractivity contribution >= 4 is 27.4 Å². The maximum Gasteiger partial charge on any atom is 0.296 e. The number of ketones is 1. The number of amides is 1. The molecule has 8 nitrogen and oxygen atoms in total. The second-order valence-electron chi connectivity index (χ2n) is 6.89. The molecule has 0 spiro atoms. The molecular formula is C21H22N4O4S. The molecule has 1 amide bonds. The second-order valence-corrected chi connectivity index (χ2v) is 9.04. The molecule has 1 aromatic heterocycles. The molecule has 0 saturated carbocycles. The van der Waals surface area contributed by atoms with E-state index in [1.165, 1.54) is 38.4 Å². The number of anilines is 1. The number of hydrogen-bond acceptors (Lipinski definition) is 5. The largest absolute Gasteiger partial charge is 0.319 e. The minimum absolute atomic E-state index is 0.0157. The number of aryl methyl sites for hydroxylation is 1. The normalized spacial score (nSPS) is 11.5. The van der Waals surface area contributed by atoms with Crippen molar-refractivity contribution in [1.29, 1.82) is 0 Å². The predicted molar refractivity (Wildman–Crippen MR) is 113 cm³/mol. The van der Waals surface area contributed by atoms with Crippen molar-refractivity contribution in [2.45, 2.75) is 18.7 Å². The van der Waals surface area contributed by atoms with Crippen LogP contribution in [0.15, 0.2) is 59.5 Å². The number of Topliss-reactive ketones (excluding diaryl/α,β-unsaturated/α-hetero) is 1. The molecule has 30 heavy (non-hydrogen) atoms.